The van der Waals surface area contributed by atoms with Crippen LogP contribution in [0.25, 0.3) is 10.4 Å². The van der Waals surface area contributed by atoms with Crippen molar-refractivity contribution in [3.05, 3.63) is 34.5 Å². The van der Waals surface area contributed by atoms with Crippen LogP contribution < -0.4 is 9.80 Å². The van der Waals surface area contributed by atoms with E-state index < -0.39 is 18.0 Å². The third-order valence-corrected chi connectivity index (χ3v) is 3.81. The Labute approximate surface area is 132 Å². The lowest BCUT2D eigenvalue weighted by atomic mass is 10.2. The van der Waals surface area contributed by atoms with Gasteiger partial charge in [-0.1, -0.05) is 11.2 Å². The number of hydrogen-bond donors (Lipinski definition) is 0. The second-order valence-corrected chi connectivity index (χ2v) is 5.24. The molecule has 0 saturated carbocycles. The van der Waals surface area contributed by atoms with Gasteiger partial charge >= 0.3 is 6.09 Å². The van der Waals surface area contributed by atoms with Crippen molar-refractivity contribution in [3.63, 3.8) is 0 Å². The third kappa shape index (κ3) is 3.15. The van der Waals surface area contributed by atoms with Gasteiger partial charge in [-0.15, -0.1) is 0 Å². The third-order valence-electron chi connectivity index (χ3n) is 3.81. The maximum Gasteiger partial charge on any atom is 0.414 e. The zero-order valence-corrected chi connectivity index (χ0v) is 12.4. The molecule has 2 aliphatic heterocycles. The summed E-state index contributed by atoms with van der Waals surface area (Å²) in [6, 6.07) is 4.61. The largest absolute Gasteiger partial charge is 0.444 e. The highest BCUT2D eigenvalue weighted by Crippen LogP contribution is 2.35. The molecule has 1 atom stereocenters. The molecule has 1 amide bonds. The highest BCUT2D eigenvalue weighted by atomic mass is 19.1. The summed E-state index contributed by atoms with van der Waals surface area (Å²) >= 11 is 0. The predicted octanol–water partition coefficient (Wildman–Crippen LogP) is 2.30. The molecule has 0 aliphatic carbocycles. The summed E-state index contributed by atoms with van der Waals surface area (Å²) in [6.07, 6.45) is -1.09. The van der Waals surface area contributed by atoms with Crippen LogP contribution in [-0.4, -0.2) is 51.6 Å². The minimum Gasteiger partial charge on any atom is -0.444 e. The normalized spacial score (nSPS) is 21.1. The van der Waals surface area contributed by atoms with E-state index in [0.29, 0.717) is 37.7 Å². The van der Waals surface area contributed by atoms with E-state index in [2.05, 4.69) is 10.0 Å². The zero-order chi connectivity index (χ0) is 16.2. The van der Waals surface area contributed by atoms with E-state index in [1.54, 1.807) is 12.1 Å². The van der Waals surface area contributed by atoms with Gasteiger partial charge in [-0.05, 0) is 17.7 Å². The zero-order valence-electron chi connectivity index (χ0n) is 12.4. The standard InChI is InChI=1S/C14H16FN5O3/c15-11-2-1-3-12(13(11)19-4-6-22-7-5-19)20-9-10(8-17-18-16)23-14(20)21/h1-3,10H,4-9H2/t10-/m0/s1. The Morgan fingerprint density at radius 1 is 1.39 bits per heavy atom. The van der Waals surface area contributed by atoms with Gasteiger partial charge in [0.15, 0.2) is 0 Å². The lowest BCUT2D eigenvalue weighted by Crippen LogP contribution is -2.38. The van der Waals surface area contributed by atoms with Crippen LogP contribution in [0.15, 0.2) is 23.3 Å². The molecule has 1 aromatic rings. The van der Waals surface area contributed by atoms with Crippen LogP contribution >= 0.6 is 0 Å². The molecular weight excluding hydrogens is 305 g/mol. The molecule has 3 rings (SSSR count). The molecule has 8 nitrogen and oxygen atoms in total. The molecule has 1 aromatic carbocycles. The van der Waals surface area contributed by atoms with Crippen molar-refractivity contribution in [2.75, 3.05) is 49.2 Å². The first-order chi connectivity index (χ1) is 11.2. The quantitative estimate of drug-likeness (QED) is 0.483. The van der Waals surface area contributed by atoms with Crippen molar-refractivity contribution in [1.82, 2.24) is 0 Å². The Bertz CT molecular complexity index is 643. The van der Waals surface area contributed by atoms with Gasteiger partial charge in [-0.2, -0.15) is 0 Å². The number of azide groups is 1. The number of ether oxygens (including phenoxy) is 2. The van der Waals surface area contributed by atoms with Crippen LogP contribution in [0.2, 0.25) is 0 Å². The fraction of sp³-hybridized carbons (Fsp3) is 0.500. The van der Waals surface area contributed by atoms with Gasteiger partial charge in [0, 0.05) is 18.0 Å². The van der Waals surface area contributed by atoms with Crippen LogP contribution in [-0.2, 0) is 9.47 Å². The van der Waals surface area contributed by atoms with Crippen molar-refractivity contribution in [2.24, 2.45) is 5.11 Å². The highest BCUT2D eigenvalue weighted by Gasteiger charge is 2.34. The maximum absolute atomic E-state index is 14.4. The molecule has 0 aromatic heterocycles. The van der Waals surface area contributed by atoms with Gasteiger partial charge in [0.25, 0.3) is 0 Å². The molecule has 0 unspecified atom stereocenters. The number of halogens is 1. The summed E-state index contributed by atoms with van der Waals surface area (Å²) < 4.78 is 24.8. The number of anilines is 2. The number of carbonyl (C=O) groups is 1. The number of benzene rings is 1. The molecule has 0 spiro atoms. The van der Waals surface area contributed by atoms with Crippen LogP contribution in [0.5, 0.6) is 0 Å². The first kappa shape index (κ1) is 15.4. The van der Waals surface area contributed by atoms with Crippen molar-refractivity contribution in [1.29, 1.82) is 0 Å². The number of nitrogens with zero attached hydrogens (tertiary/aromatic N) is 5. The van der Waals surface area contributed by atoms with Gasteiger partial charge < -0.3 is 14.4 Å². The number of carbonyl (C=O) groups excluding carboxylic acids is 1. The Balaban J connectivity index is 1.88. The summed E-state index contributed by atoms with van der Waals surface area (Å²) in [5.74, 6) is -0.393. The first-order valence-corrected chi connectivity index (χ1v) is 7.31. The minimum absolute atomic E-state index is 0.0565. The average molecular weight is 321 g/mol. The fourth-order valence-corrected chi connectivity index (χ4v) is 2.76. The molecule has 122 valence electrons. The molecular formula is C14H16FN5O3. The van der Waals surface area contributed by atoms with E-state index in [9.17, 15) is 9.18 Å². The Morgan fingerprint density at radius 3 is 2.91 bits per heavy atom. The second-order valence-electron chi connectivity index (χ2n) is 5.24. The van der Waals surface area contributed by atoms with Gasteiger partial charge in [-0.3, -0.25) is 4.90 Å². The van der Waals surface area contributed by atoms with Crippen LogP contribution in [0, 0.1) is 5.82 Å². The summed E-state index contributed by atoms with van der Waals surface area (Å²) in [5.41, 5.74) is 9.19. The van der Waals surface area contributed by atoms with E-state index in [1.165, 1.54) is 11.0 Å². The lowest BCUT2D eigenvalue weighted by Gasteiger charge is -2.32. The summed E-state index contributed by atoms with van der Waals surface area (Å²) in [5, 5.41) is 3.42. The number of hydrogen-bond acceptors (Lipinski definition) is 5. The van der Waals surface area contributed by atoms with Gasteiger partial charge in [-0.25, -0.2) is 9.18 Å². The molecule has 9 heteroatoms. The molecule has 2 aliphatic rings. The summed E-state index contributed by atoms with van der Waals surface area (Å²) in [4.78, 5) is 18.0. The molecule has 0 radical (unpaired) electrons. The van der Waals surface area contributed by atoms with Crippen molar-refractivity contribution in [2.45, 2.75) is 6.10 Å². The van der Waals surface area contributed by atoms with E-state index in [-0.39, 0.29) is 13.1 Å². The minimum atomic E-state index is -0.566. The SMILES string of the molecule is [N-]=[N+]=NC[C@H]1CN(c2cccc(F)c2N2CCOCC2)C(=O)O1. The Hall–Kier alpha value is -2.51. The molecule has 0 bridgehead atoms. The van der Waals surface area contributed by atoms with E-state index in [0.717, 1.165) is 0 Å². The van der Waals surface area contributed by atoms with E-state index >= 15 is 0 Å². The smallest absolute Gasteiger partial charge is 0.414 e. The number of cyclic esters (lactones) is 1. The lowest BCUT2D eigenvalue weighted by molar-refractivity contribution is 0.122. The summed E-state index contributed by atoms with van der Waals surface area (Å²) in [6.45, 7) is 2.41. The maximum atomic E-state index is 14.4. The van der Waals surface area contributed by atoms with E-state index in [1.807, 2.05) is 4.90 Å². The number of morpholine rings is 1. The van der Waals surface area contributed by atoms with Crippen molar-refractivity contribution >= 4 is 17.5 Å². The number of para-hydroxylation sites is 1. The fourth-order valence-electron chi connectivity index (χ4n) is 2.76. The summed E-state index contributed by atoms with van der Waals surface area (Å²) in [7, 11) is 0. The molecule has 23 heavy (non-hydrogen) atoms. The monoisotopic (exact) mass is 321 g/mol. The van der Waals surface area contributed by atoms with E-state index in [4.69, 9.17) is 15.0 Å². The van der Waals surface area contributed by atoms with Crippen molar-refractivity contribution in [3.8, 4) is 0 Å². The van der Waals surface area contributed by atoms with Crippen LogP contribution in [0.3, 0.4) is 0 Å². The van der Waals surface area contributed by atoms with Crippen LogP contribution in [0.1, 0.15) is 0 Å². The second kappa shape index (κ2) is 6.72. The van der Waals surface area contributed by atoms with Gasteiger partial charge in [0.1, 0.15) is 11.9 Å². The molecule has 0 N–H and O–H groups in total. The van der Waals surface area contributed by atoms with Gasteiger partial charge in [0.2, 0.25) is 0 Å². The number of amides is 1. The topological polar surface area (TPSA) is 90.8 Å². The van der Waals surface area contributed by atoms with Crippen LogP contribution in [0.4, 0.5) is 20.6 Å². The highest BCUT2D eigenvalue weighted by molar-refractivity contribution is 5.94. The first-order valence-electron chi connectivity index (χ1n) is 7.31. The average Bonchev–Trinajstić information content (AvgIpc) is 2.94. The Morgan fingerprint density at radius 2 is 2.17 bits per heavy atom. The van der Waals surface area contributed by atoms with Gasteiger partial charge in [0.05, 0.1) is 37.7 Å². The molecule has 2 fully saturated rings. The number of rotatable bonds is 4. The van der Waals surface area contributed by atoms with Crippen molar-refractivity contribution < 1.29 is 18.7 Å². The Kier molecular flexibility index (Phi) is 4.50. The molecule has 2 heterocycles. The molecule has 2 saturated heterocycles. The predicted molar refractivity (Wildman–Crippen MR) is 81.1 cm³/mol.